The zero-order valence-electron chi connectivity index (χ0n) is 11.8. The van der Waals surface area contributed by atoms with Gasteiger partial charge in [0.15, 0.2) is 0 Å². The fourth-order valence-electron chi connectivity index (χ4n) is 3.13. The van der Waals surface area contributed by atoms with Gasteiger partial charge in [-0.3, -0.25) is 0 Å². The summed E-state index contributed by atoms with van der Waals surface area (Å²) in [5.41, 5.74) is 1.39. The third-order valence-electron chi connectivity index (χ3n) is 4.50. The van der Waals surface area contributed by atoms with Crippen LogP contribution in [0.1, 0.15) is 26.7 Å². The van der Waals surface area contributed by atoms with Crippen molar-refractivity contribution in [2.24, 2.45) is 11.8 Å². The number of piperazine rings is 1. The van der Waals surface area contributed by atoms with Crippen molar-refractivity contribution in [2.45, 2.75) is 38.8 Å². The summed E-state index contributed by atoms with van der Waals surface area (Å²) in [6.45, 7) is 6.98. The molecule has 104 valence electrons. The van der Waals surface area contributed by atoms with Gasteiger partial charge in [0.05, 0.1) is 0 Å². The highest BCUT2D eigenvalue weighted by Gasteiger charge is 2.37. The van der Waals surface area contributed by atoms with Gasteiger partial charge in [0.1, 0.15) is 0 Å². The Bertz CT molecular complexity index is 425. The lowest BCUT2D eigenvalue weighted by Gasteiger charge is -2.44. The van der Waals surface area contributed by atoms with Gasteiger partial charge in [0.2, 0.25) is 0 Å². The van der Waals surface area contributed by atoms with Crippen molar-refractivity contribution in [2.75, 3.05) is 18.0 Å². The minimum atomic E-state index is 0.620. The number of hydrogen-bond donors (Lipinski definition) is 1. The van der Waals surface area contributed by atoms with Crippen LogP contribution in [-0.2, 0) is 0 Å². The highest BCUT2D eigenvalue weighted by Crippen LogP contribution is 2.36. The molecule has 2 atom stereocenters. The molecule has 1 N–H and O–H groups in total. The predicted octanol–water partition coefficient (Wildman–Crippen LogP) is 3.50. The van der Waals surface area contributed by atoms with Crippen molar-refractivity contribution < 1.29 is 0 Å². The normalized spacial score (nSPS) is 27.9. The molecular formula is C16H23IN2. The van der Waals surface area contributed by atoms with Crippen LogP contribution in [0.4, 0.5) is 5.69 Å². The number of nitrogens with zero attached hydrogens (tertiary/aromatic N) is 1. The molecule has 2 fully saturated rings. The summed E-state index contributed by atoms with van der Waals surface area (Å²) in [5, 5.41) is 3.78. The minimum absolute atomic E-state index is 0.620. The van der Waals surface area contributed by atoms with E-state index in [0.717, 1.165) is 12.5 Å². The van der Waals surface area contributed by atoms with Gasteiger partial charge in [0, 0.05) is 34.4 Å². The molecule has 1 aromatic rings. The predicted molar refractivity (Wildman–Crippen MR) is 89.6 cm³/mol. The van der Waals surface area contributed by atoms with Crippen molar-refractivity contribution in [3.05, 3.63) is 27.8 Å². The van der Waals surface area contributed by atoms with E-state index in [1.165, 1.54) is 28.6 Å². The number of nitrogens with one attached hydrogen (secondary N) is 1. The highest BCUT2D eigenvalue weighted by molar-refractivity contribution is 14.1. The summed E-state index contributed by atoms with van der Waals surface area (Å²) < 4.78 is 1.32. The number of rotatable bonds is 3. The van der Waals surface area contributed by atoms with Crippen molar-refractivity contribution >= 4 is 28.3 Å². The van der Waals surface area contributed by atoms with E-state index in [-0.39, 0.29) is 0 Å². The van der Waals surface area contributed by atoms with Crippen molar-refractivity contribution in [3.63, 3.8) is 0 Å². The number of anilines is 1. The monoisotopic (exact) mass is 370 g/mol. The van der Waals surface area contributed by atoms with E-state index in [2.05, 4.69) is 70.9 Å². The summed E-state index contributed by atoms with van der Waals surface area (Å²) in [6, 6.07) is 10.3. The molecule has 3 rings (SSSR count). The van der Waals surface area contributed by atoms with Crippen molar-refractivity contribution in [1.29, 1.82) is 0 Å². The molecule has 0 aromatic heterocycles. The van der Waals surface area contributed by atoms with Gasteiger partial charge in [-0.05, 0) is 71.5 Å². The van der Waals surface area contributed by atoms with Gasteiger partial charge in [0.25, 0.3) is 0 Å². The molecule has 2 nitrogen and oxygen atoms in total. The molecule has 1 aromatic carbocycles. The van der Waals surface area contributed by atoms with Crippen molar-refractivity contribution in [1.82, 2.24) is 5.32 Å². The second-order valence-electron chi connectivity index (χ2n) is 6.29. The quantitative estimate of drug-likeness (QED) is 0.820. The first kappa shape index (κ1) is 13.7. The van der Waals surface area contributed by atoms with E-state index in [9.17, 15) is 0 Å². The first-order valence-electron chi connectivity index (χ1n) is 7.40. The standard InChI is InChI=1S/C16H23IN2/c1-11(2)16-9-18-15(12-3-4-12)10-19(16)14-7-5-13(17)6-8-14/h5-8,11-12,15-16,18H,3-4,9-10H2,1-2H3. The third kappa shape index (κ3) is 3.07. The molecule has 2 aliphatic rings. The maximum Gasteiger partial charge on any atom is 0.0438 e. The molecule has 1 aliphatic heterocycles. The topological polar surface area (TPSA) is 15.3 Å². The smallest absolute Gasteiger partial charge is 0.0438 e. The number of hydrogen-bond acceptors (Lipinski definition) is 2. The number of halogens is 1. The van der Waals surface area contributed by atoms with Crippen molar-refractivity contribution in [3.8, 4) is 0 Å². The van der Waals surface area contributed by atoms with Crippen LogP contribution in [0.25, 0.3) is 0 Å². The summed E-state index contributed by atoms with van der Waals surface area (Å²) in [4.78, 5) is 2.64. The van der Waals surface area contributed by atoms with E-state index in [4.69, 9.17) is 0 Å². The van der Waals surface area contributed by atoms with Gasteiger partial charge in [-0.2, -0.15) is 0 Å². The molecule has 1 saturated heterocycles. The van der Waals surface area contributed by atoms with Crippen LogP contribution in [0.5, 0.6) is 0 Å². The zero-order chi connectivity index (χ0) is 13.4. The van der Waals surface area contributed by atoms with E-state index < -0.39 is 0 Å². The van der Waals surface area contributed by atoms with E-state index in [1.54, 1.807) is 0 Å². The zero-order valence-corrected chi connectivity index (χ0v) is 13.9. The molecule has 0 radical (unpaired) electrons. The molecule has 1 heterocycles. The molecule has 0 bridgehead atoms. The largest absolute Gasteiger partial charge is 0.365 e. The molecule has 3 heteroatoms. The second kappa shape index (κ2) is 5.60. The summed E-state index contributed by atoms with van der Waals surface area (Å²) >= 11 is 2.38. The van der Waals surface area contributed by atoms with Gasteiger partial charge in [-0.15, -0.1) is 0 Å². The van der Waals surface area contributed by atoms with Gasteiger partial charge in [-0.25, -0.2) is 0 Å². The summed E-state index contributed by atoms with van der Waals surface area (Å²) in [5.74, 6) is 1.62. The maximum atomic E-state index is 3.78. The van der Waals surface area contributed by atoms with Gasteiger partial charge < -0.3 is 10.2 Å². The fourth-order valence-corrected chi connectivity index (χ4v) is 3.49. The van der Waals surface area contributed by atoms with Crippen LogP contribution in [-0.4, -0.2) is 25.2 Å². The maximum absolute atomic E-state index is 3.78. The summed E-state index contributed by atoms with van der Waals surface area (Å²) in [6.07, 6.45) is 2.84. The van der Waals surface area contributed by atoms with Crippen LogP contribution in [0.2, 0.25) is 0 Å². The van der Waals surface area contributed by atoms with Crippen LogP contribution in [0.15, 0.2) is 24.3 Å². The van der Waals surface area contributed by atoms with Crippen LogP contribution >= 0.6 is 22.6 Å². The van der Waals surface area contributed by atoms with Crippen LogP contribution in [0.3, 0.4) is 0 Å². The van der Waals surface area contributed by atoms with E-state index in [0.29, 0.717) is 18.0 Å². The Kier molecular flexibility index (Phi) is 4.03. The molecule has 0 spiro atoms. The average molecular weight is 370 g/mol. The third-order valence-corrected chi connectivity index (χ3v) is 5.22. The molecule has 2 unspecified atom stereocenters. The van der Waals surface area contributed by atoms with Gasteiger partial charge >= 0.3 is 0 Å². The highest BCUT2D eigenvalue weighted by atomic mass is 127. The fraction of sp³-hybridized carbons (Fsp3) is 0.625. The SMILES string of the molecule is CC(C)C1CNC(C2CC2)CN1c1ccc(I)cc1. The Morgan fingerprint density at radius 3 is 2.47 bits per heavy atom. The molecule has 0 amide bonds. The van der Waals surface area contributed by atoms with E-state index in [1.807, 2.05) is 0 Å². The first-order valence-corrected chi connectivity index (χ1v) is 8.48. The Labute approximate surface area is 130 Å². The van der Waals surface area contributed by atoms with Crippen LogP contribution in [0, 0.1) is 15.4 Å². The first-order chi connectivity index (χ1) is 9.15. The average Bonchev–Trinajstić information content (AvgIpc) is 3.23. The number of benzene rings is 1. The lowest BCUT2D eigenvalue weighted by atomic mass is 9.96. The lowest BCUT2D eigenvalue weighted by Crippen LogP contribution is -2.59. The molecule has 1 aliphatic carbocycles. The summed E-state index contributed by atoms with van der Waals surface area (Å²) in [7, 11) is 0. The van der Waals surface area contributed by atoms with E-state index >= 15 is 0 Å². The minimum Gasteiger partial charge on any atom is -0.365 e. The Morgan fingerprint density at radius 2 is 1.89 bits per heavy atom. The van der Waals surface area contributed by atoms with Gasteiger partial charge in [-0.1, -0.05) is 13.8 Å². The molecular weight excluding hydrogens is 347 g/mol. The second-order valence-corrected chi connectivity index (χ2v) is 7.54. The Morgan fingerprint density at radius 1 is 1.21 bits per heavy atom. The molecule has 1 saturated carbocycles. The molecule has 19 heavy (non-hydrogen) atoms. The Balaban J connectivity index is 1.81. The van der Waals surface area contributed by atoms with Crippen LogP contribution < -0.4 is 10.2 Å². The lowest BCUT2D eigenvalue weighted by molar-refractivity contribution is 0.320. The Hall–Kier alpha value is -0.290.